The Morgan fingerprint density at radius 1 is 1.05 bits per heavy atom. The van der Waals surface area contributed by atoms with Gasteiger partial charge in [0.05, 0.1) is 7.11 Å². The number of rotatable bonds is 7. The fourth-order valence-electron chi connectivity index (χ4n) is 2.60. The van der Waals surface area contributed by atoms with Crippen molar-refractivity contribution in [3.8, 4) is 5.75 Å². The lowest BCUT2D eigenvalue weighted by Crippen LogP contribution is -2.32. The fourth-order valence-corrected chi connectivity index (χ4v) is 2.60. The summed E-state index contributed by atoms with van der Waals surface area (Å²) in [6.45, 7) is 13.1. The van der Waals surface area contributed by atoms with Crippen LogP contribution >= 0.6 is 0 Å². The number of benzene rings is 1. The molecule has 1 atom stereocenters. The van der Waals surface area contributed by atoms with Gasteiger partial charge in [-0.25, -0.2) is 0 Å². The van der Waals surface area contributed by atoms with Crippen molar-refractivity contribution in [2.45, 2.75) is 40.7 Å². The Morgan fingerprint density at radius 2 is 1.60 bits per heavy atom. The summed E-state index contributed by atoms with van der Waals surface area (Å²) in [7, 11) is 1.71. The molecule has 0 saturated carbocycles. The molecule has 2 N–H and O–H groups in total. The van der Waals surface area contributed by atoms with Crippen LogP contribution in [0.5, 0.6) is 5.75 Å². The Bertz CT molecular complexity index is 403. The van der Waals surface area contributed by atoms with Gasteiger partial charge in [-0.1, -0.05) is 33.8 Å². The molecule has 0 saturated heterocycles. The van der Waals surface area contributed by atoms with Crippen LogP contribution in [0.1, 0.15) is 46.2 Å². The van der Waals surface area contributed by atoms with Crippen LogP contribution in [0.15, 0.2) is 18.2 Å². The number of nitrogens with two attached hydrogens (primary N) is 1. The average Bonchev–Trinajstić information content (AvgIpc) is 2.35. The predicted molar refractivity (Wildman–Crippen MR) is 87.5 cm³/mol. The molecule has 0 heterocycles. The number of methoxy groups -OCH3 is 1. The van der Waals surface area contributed by atoms with Gasteiger partial charge in [0, 0.05) is 30.4 Å². The molecule has 0 fully saturated rings. The normalized spacial score (nSPS) is 12.8. The van der Waals surface area contributed by atoms with Crippen molar-refractivity contribution >= 4 is 5.69 Å². The topological polar surface area (TPSA) is 38.5 Å². The molecule has 3 nitrogen and oxygen atoms in total. The number of hydrogen-bond acceptors (Lipinski definition) is 3. The van der Waals surface area contributed by atoms with E-state index in [9.17, 15) is 0 Å². The number of anilines is 1. The van der Waals surface area contributed by atoms with Crippen LogP contribution in [0.3, 0.4) is 0 Å². The summed E-state index contributed by atoms with van der Waals surface area (Å²) in [5.74, 6) is 2.11. The Kier molecular flexibility index (Phi) is 6.34. The summed E-state index contributed by atoms with van der Waals surface area (Å²) >= 11 is 0. The Labute approximate surface area is 124 Å². The smallest absolute Gasteiger partial charge is 0.125 e. The van der Waals surface area contributed by atoms with Gasteiger partial charge in [-0.3, -0.25) is 0 Å². The molecule has 1 aromatic rings. The second-order valence-corrected chi connectivity index (χ2v) is 6.37. The summed E-state index contributed by atoms with van der Waals surface area (Å²) < 4.78 is 5.50. The Balaban J connectivity index is 3.23. The zero-order chi connectivity index (χ0) is 15.3. The van der Waals surface area contributed by atoms with Crippen molar-refractivity contribution in [3.05, 3.63) is 23.8 Å². The van der Waals surface area contributed by atoms with Crippen molar-refractivity contribution < 1.29 is 4.74 Å². The van der Waals surface area contributed by atoms with Crippen LogP contribution in [0, 0.1) is 11.8 Å². The molecule has 0 bridgehead atoms. The van der Waals surface area contributed by atoms with Crippen molar-refractivity contribution in [1.29, 1.82) is 0 Å². The summed E-state index contributed by atoms with van der Waals surface area (Å²) in [5, 5.41) is 0. The van der Waals surface area contributed by atoms with Gasteiger partial charge in [0.15, 0.2) is 0 Å². The molecule has 1 aromatic carbocycles. The molecule has 3 heteroatoms. The SMILES string of the molecule is COc1cccc(N(CC(C)C)CC(C)C)c1C(C)N. The molecule has 0 aliphatic carbocycles. The van der Waals surface area contributed by atoms with E-state index < -0.39 is 0 Å². The van der Waals surface area contributed by atoms with Gasteiger partial charge in [-0.2, -0.15) is 0 Å². The highest BCUT2D eigenvalue weighted by molar-refractivity contribution is 5.60. The second kappa shape index (κ2) is 7.53. The van der Waals surface area contributed by atoms with E-state index in [1.807, 2.05) is 19.1 Å². The van der Waals surface area contributed by atoms with Crippen molar-refractivity contribution in [1.82, 2.24) is 0 Å². The highest BCUT2D eigenvalue weighted by Gasteiger charge is 2.19. The van der Waals surface area contributed by atoms with Crippen LogP contribution in [-0.4, -0.2) is 20.2 Å². The second-order valence-electron chi connectivity index (χ2n) is 6.37. The highest BCUT2D eigenvalue weighted by Crippen LogP contribution is 2.34. The van der Waals surface area contributed by atoms with Crippen LogP contribution in [0.2, 0.25) is 0 Å². The average molecular weight is 278 g/mol. The molecule has 0 aliphatic heterocycles. The fraction of sp³-hybridized carbons (Fsp3) is 0.647. The minimum Gasteiger partial charge on any atom is -0.496 e. The number of hydrogen-bond donors (Lipinski definition) is 1. The third-order valence-corrected chi connectivity index (χ3v) is 3.23. The standard InChI is InChI=1S/C17H30N2O/c1-12(2)10-19(11-13(3)4)15-8-7-9-16(20-6)17(15)14(5)18/h7-9,12-14H,10-11,18H2,1-6H3. The van der Waals surface area contributed by atoms with E-state index in [1.54, 1.807) is 7.11 Å². The monoisotopic (exact) mass is 278 g/mol. The molecule has 0 radical (unpaired) electrons. The predicted octanol–water partition coefficient (Wildman–Crippen LogP) is 3.83. The summed E-state index contributed by atoms with van der Waals surface area (Å²) in [6.07, 6.45) is 0. The maximum Gasteiger partial charge on any atom is 0.125 e. The van der Waals surface area contributed by atoms with E-state index in [2.05, 4.69) is 38.7 Å². The molecule has 114 valence electrons. The largest absolute Gasteiger partial charge is 0.496 e. The molecule has 1 rings (SSSR count). The Morgan fingerprint density at radius 3 is 2.00 bits per heavy atom. The lowest BCUT2D eigenvalue weighted by atomic mass is 10.0. The third kappa shape index (κ3) is 4.41. The molecule has 1 unspecified atom stereocenters. The quantitative estimate of drug-likeness (QED) is 0.823. The first-order chi connectivity index (χ1) is 9.36. The van der Waals surface area contributed by atoms with Gasteiger partial charge in [-0.15, -0.1) is 0 Å². The molecule has 0 aliphatic rings. The van der Waals surface area contributed by atoms with Gasteiger partial charge < -0.3 is 15.4 Å². The molecule has 0 aromatic heterocycles. The Hall–Kier alpha value is -1.22. The lowest BCUT2D eigenvalue weighted by Gasteiger charge is -2.32. The van der Waals surface area contributed by atoms with Crippen LogP contribution < -0.4 is 15.4 Å². The van der Waals surface area contributed by atoms with Gasteiger partial charge in [0.25, 0.3) is 0 Å². The molecular formula is C17H30N2O. The van der Waals surface area contributed by atoms with E-state index in [-0.39, 0.29) is 6.04 Å². The minimum atomic E-state index is -0.0389. The zero-order valence-electron chi connectivity index (χ0n) is 13.8. The highest BCUT2D eigenvalue weighted by atomic mass is 16.5. The number of nitrogens with zero attached hydrogens (tertiary/aromatic N) is 1. The summed E-state index contributed by atoms with van der Waals surface area (Å²) in [6, 6.07) is 6.16. The first-order valence-corrected chi connectivity index (χ1v) is 7.54. The zero-order valence-corrected chi connectivity index (χ0v) is 13.8. The minimum absolute atomic E-state index is 0.0389. The lowest BCUT2D eigenvalue weighted by molar-refractivity contribution is 0.406. The van der Waals surface area contributed by atoms with Crippen LogP contribution in [0.4, 0.5) is 5.69 Å². The van der Waals surface area contributed by atoms with Crippen molar-refractivity contribution in [2.24, 2.45) is 17.6 Å². The molecular weight excluding hydrogens is 248 g/mol. The van der Waals surface area contributed by atoms with Gasteiger partial charge in [0.2, 0.25) is 0 Å². The molecule has 20 heavy (non-hydrogen) atoms. The van der Waals surface area contributed by atoms with Crippen molar-refractivity contribution in [3.63, 3.8) is 0 Å². The van der Waals surface area contributed by atoms with E-state index in [0.717, 1.165) is 24.4 Å². The van der Waals surface area contributed by atoms with Crippen LogP contribution in [-0.2, 0) is 0 Å². The molecule has 0 amide bonds. The molecule has 0 spiro atoms. The maximum absolute atomic E-state index is 6.18. The van der Waals surface area contributed by atoms with Crippen molar-refractivity contribution in [2.75, 3.05) is 25.1 Å². The van der Waals surface area contributed by atoms with Gasteiger partial charge >= 0.3 is 0 Å². The van der Waals surface area contributed by atoms with E-state index in [4.69, 9.17) is 10.5 Å². The first-order valence-electron chi connectivity index (χ1n) is 7.54. The van der Waals surface area contributed by atoms with E-state index in [0.29, 0.717) is 11.8 Å². The number of ether oxygens (including phenoxy) is 1. The summed E-state index contributed by atoms with van der Waals surface area (Å²) in [5.41, 5.74) is 8.50. The summed E-state index contributed by atoms with van der Waals surface area (Å²) in [4.78, 5) is 2.44. The van der Waals surface area contributed by atoms with E-state index in [1.165, 1.54) is 5.69 Å². The van der Waals surface area contributed by atoms with Gasteiger partial charge in [-0.05, 0) is 30.9 Å². The van der Waals surface area contributed by atoms with Crippen LogP contribution in [0.25, 0.3) is 0 Å². The maximum atomic E-state index is 6.18. The van der Waals surface area contributed by atoms with E-state index >= 15 is 0 Å². The third-order valence-electron chi connectivity index (χ3n) is 3.23. The van der Waals surface area contributed by atoms with Gasteiger partial charge in [0.1, 0.15) is 5.75 Å². The first kappa shape index (κ1) is 16.8.